The molecule has 0 amide bonds. The van der Waals surface area contributed by atoms with Crippen LogP contribution in [0.5, 0.6) is 5.75 Å². The fraction of sp³-hybridized carbons (Fsp3) is 0.647. The van der Waals surface area contributed by atoms with Gasteiger partial charge >= 0.3 is 0 Å². The Morgan fingerprint density at radius 1 is 1.05 bits per heavy atom. The minimum absolute atomic E-state index is 0.520. The number of ether oxygens (including phenoxy) is 1. The highest BCUT2D eigenvalue weighted by Gasteiger charge is 2.07. The van der Waals surface area contributed by atoms with E-state index in [1.165, 1.54) is 38.5 Å². The van der Waals surface area contributed by atoms with E-state index in [1.807, 2.05) is 6.07 Å². The lowest BCUT2D eigenvalue weighted by Crippen LogP contribution is -2.05. The zero-order valence-electron chi connectivity index (χ0n) is 12.9. The lowest BCUT2D eigenvalue weighted by atomic mass is 10.1. The van der Waals surface area contributed by atoms with Crippen LogP contribution in [0.4, 0.5) is 0 Å². The van der Waals surface area contributed by atoms with Crippen LogP contribution in [-0.4, -0.2) is 6.61 Å². The lowest BCUT2D eigenvalue weighted by molar-refractivity contribution is 0.299. The molecule has 0 saturated carbocycles. The number of unbranched alkanes of at least 4 members (excludes halogenated alkanes) is 6. The summed E-state index contributed by atoms with van der Waals surface area (Å²) in [5.41, 5.74) is 8.02. The third-order valence-corrected chi connectivity index (χ3v) is 3.99. The predicted octanol–water partition coefficient (Wildman–Crippen LogP) is 5.35. The van der Waals surface area contributed by atoms with Gasteiger partial charge in [-0.1, -0.05) is 61.4 Å². The summed E-state index contributed by atoms with van der Waals surface area (Å²) in [6.45, 7) is 5.64. The molecule has 0 spiro atoms. The van der Waals surface area contributed by atoms with Gasteiger partial charge in [0.2, 0.25) is 0 Å². The fourth-order valence-electron chi connectivity index (χ4n) is 2.39. The Hall–Kier alpha value is -0.540. The molecular formula is C17H28BrNO. The van der Waals surface area contributed by atoms with E-state index >= 15 is 0 Å². The number of halogens is 1. The van der Waals surface area contributed by atoms with Gasteiger partial charge in [0.05, 0.1) is 6.61 Å². The fourth-order valence-corrected chi connectivity index (χ4v) is 3.01. The SMILES string of the molecule is CCCCCCCCCOc1c(C)cc(Br)cc1CN. The van der Waals surface area contributed by atoms with E-state index in [2.05, 4.69) is 35.8 Å². The molecule has 0 unspecified atom stereocenters. The summed E-state index contributed by atoms with van der Waals surface area (Å²) in [6.07, 6.45) is 9.14. The minimum atomic E-state index is 0.520. The highest BCUT2D eigenvalue weighted by Crippen LogP contribution is 2.28. The zero-order chi connectivity index (χ0) is 14.8. The lowest BCUT2D eigenvalue weighted by Gasteiger charge is -2.14. The maximum absolute atomic E-state index is 5.94. The van der Waals surface area contributed by atoms with Crippen molar-refractivity contribution in [1.82, 2.24) is 0 Å². The van der Waals surface area contributed by atoms with Crippen LogP contribution in [0.3, 0.4) is 0 Å². The molecule has 2 nitrogen and oxygen atoms in total. The van der Waals surface area contributed by atoms with Crippen molar-refractivity contribution >= 4 is 15.9 Å². The Morgan fingerprint density at radius 3 is 2.35 bits per heavy atom. The smallest absolute Gasteiger partial charge is 0.126 e. The molecule has 1 aromatic rings. The molecule has 0 aliphatic rings. The highest BCUT2D eigenvalue weighted by atomic mass is 79.9. The van der Waals surface area contributed by atoms with Gasteiger partial charge in [0.1, 0.15) is 5.75 Å². The van der Waals surface area contributed by atoms with Crippen molar-refractivity contribution in [2.75, 3.05) is 6.61 Å². The Balaban J connectivity index is 2.28. The van der Waals surface area contributed by atoms with Gasteiger partial charge in [-0.2, -0.15) is 0 Å². The maximum atomic E-state index is 5.94. The summed E-state index contributed by atoms with van der Waals surface area (Å²) < 4.78 is 7.01. The normalized spacial score (nSPS) is 10.8. The van der Waals surface area contributed by atoms with Gasteiger partial charge in [-0.05, 0) is 31.0 Å². The third-order valence-electron chi connectivity index (χ3n) is 3.53. The van der Waals surface area contributed by atoms with Crippen molar-refractivity contribution in [2.45, 2.75) is 65.3 Å². The summed E-state index contributed by atoms with van der Waals surface area (Å²) in [5.74, 6) is 0.974. The van der Waals surface area contributed by atoms with Crippen molar-refractivity contribution in [1.29, 1.82) is 0 Å². The van der Waals surface area contributed by atoms with Gasteiger partial charge in [0.25, 0.3) is 0 Å². The number of hydrogen-bond acceptors (Lipinski definition) is 2. The first-order valence-corrected chi connectivity index (χ1v) is 8.60. The first kappa shape index (κ1) is 17.5. The minimum Gasteiger partial charge on any atom is -0.493 e. The van der Waals surface area contributed by atoms with Crippen LogP contribution in [0, 0.1) is 6.92 Å². The molecule has 0 radical (unpaired) electrons. The van der Waals surface area contributed by atoms with Gasteiger partial charge in [0.15, 0.2) is 0 Å². The second-order valence-corrected chi connectivity index (χ2v) is 6.30. The number of aryl methyl sites for hydroxylation is 1. The topological polar surface area (TPSA) is 35.2 Å². The van der Waals surface area contributed by atoms with Crippen LogP contribution in [0.1, 0.15) is 63.0 Å². The summed E-state index contributed by atoms with van der Waals surface area (Å²) in [7, 11) is 0. The van der Waals surface area contributed by atoms with Crippen molar-refractivity contribution < 1.29 is 4.74 Å². The summed E-state index contributed by atoms with van der Waals surface area (Å²) in [5, 5.41) is 0. The van der Waals surface area contributed by atoms with E-state index in [0.29, 0.717) is 6.54 Å². The van der Waals surface area contributed by atoms with Gasteiger partial charge in [-0.15, -0.1) is 0 Å². The van der Waals surface area contributed by atoms with E-state index in [9.17, 15) is 0 Å². The Bertz CT molecular complexity index is 393. The van der Waals surface area contributed by atoms with E-state index in [-0.39, 0.29) is 0 Å². The molecule has 1 aromatic carbocycles. The Morgan fingerprint density at radius 2 is 1.70 bits per heavy atom. The van der Waals surface area contributed by atoms with Crippen LogP contribution < -0.4 is 10.5 Å². The number of hydrogen-bond donors (Lipinski definition) is 1. The first-order valence-electron chi connectivity index (χ1n) is 7.81. The quantitative estimate of drug-likeness (QED) is 0.582. The molecule has 1 rings (SSSR count). The summed E-state index contributed by atoms with van der Waals surface area (Å²) in [6, 6.07) is 4.13. The zero-order valence-corrected chi connectivity index (χ0v) is 14.5. The third kappa shape index (κ3) is 6.27. The standard InChI is InChI=1S/C17H28BrNO/c1-3-4-5-6-7-8-9-10-20-17-14(2)11-16(18)12-15(17)13-19/h11-12H,3-10,13,19H2,1-2H3. The largest absolute Gasteiger partial charge is 0.493 e. The number of benzene rings is 1. The van der Waals surface area contributed by atoms with Crippen molar-refractivity contribution in [3.05, 3.63) is 27.7 Å². The van der Waals surface area contributed by atoms with Gasteiger partial charge < -0.3 is 10.5 Å². The molecule has 0 aliphatic carbocycles. The highest BCUT2D eigenvalue weighted by molar-refractivity contribution is 9.10. The molecule has 0 fully saturated rings. The molecule has 20 heavy (non-hydrogen) atoms. The second kappa shape index (κ2) is 10.2. The van der Waals surface area contributed by atoms with Gasteiger partial charge in [-0.25, -0.2) is 0 Å². The van der Waals surface area contributed by atoms with Crippen LogP contribution in [0.15, 0.2) is 16.6 Å². The maximum Gasteiger partial charge on any atom is 0.126 e. The molecule has 2 N–H and O–H groups in total. The summed E-state index contributed by atoms with van der Waals surface area (Å²) >= 11 is 3.50. The summed E-state index contributed by atoms with van der Waals surface area (Å²) in [4.78, 5) is 0. The molecule has 0 aromatic heterocycles. The number of rotatable bonds is 10. The van der Waals surface area contributed by atoms with Crippen LogP contribution in [-0.2, 0) is 6.54 Å². The van der Waals surface area contributed by atoms with Crippen molar-refractivity contribution in [3.63, 3.8) is 0 Å². The Kier molecular flexibility index (Phi) is 8.95. The van der Waals surface area contributed by atoms with Crippen molar-refractivity contribution in [3.8, 4) is 5.75 Å². The van der Waals surface area contributed by atoms with Gasteiger partial charge in [0, 0.05) is 16.6 Å². The van der Waals surface area contributed by atoms with Crippen LogP contribution >= 0.6 is 15.9 Å². The molecule has 0 atom stereocenters. The van der Waals surface area contributed by atoms with E-state index < -0.39 is 0 Å². The van der Waals surface area contributed by atoms with Crippen LogP contribution in [0.2, 0.25) is 0 Å². The molecule has 0 heterocycles. The molecule has 0 bridgehead atoms. The molecular weight excluding hydrogens is 314 g/mol. The van der Waals surface area contributed by atoms with Crippen LogP contribution in [0.25, 0.3) is 0 Å². The monoisotopic (exact) mass is 341 g/mol. The van der Waals surface area contributed by atoms with E-state index in [1.54, 1.807) is 0 Å². The van der Waals surface area contributed by atoms with E-state index in [0.717, 1.165) is 34.4 Å². The average molecular weight is 342 g/mol. The molecule has 0 saturated heterocycles. The Labute approximate surface area is 132 Å². The second-order valence-electron chi connectivity index (χ2n) is 5.38. The molecule has 114 valence electrons. The van der Waals surface area contributed by atoms with Crippen molar-refractivity contribution in [2.24, 2.45) is 5.73 Å². The number of nitrogens with two attached hydrogens (primary N) is 1. The molecule has 3 heteroatoms. The average Bonchev–Trinajstić information content (AvgIpc) is 2.43. The predicted molar refractivity (Wildman–Crippen MR) is 90.3 cm³/mol. The van der Waals surface area contributed by atoms with Gasteiger partial charge in [-0.3, -0.25) is 0 Å². The first-order chi connectivity index (χ1) is 9.69. The molecule has 0 aliphatic heterocycles. The van der Waals surface area contributed by atoms with E-state index in [4.69, 9.17) is 10.5 Å².